The van der Waals surface area contributed by atoms with E-state index in [1.165, 1.54) is 0 Å². The highest BCUT2D eigenvalue weighted by atomic mass is 16.4. The molecule has 27 heavy (non-hydrogen) atoms. The fourth-order valence-electron chi connectivity index (χ4n) is 3.75. The van der Waals surface area contributed by atoms with Crippen LogP contribution in [0.15, 0.2) is 59.0 Å². The minimum atomic E-state index is 0.0572. The summed E-state index contributed by atoms with van der Waals surface area (Å²) in [7, 11) is 1.91. The molecule has 5 heteroatoms. The molecule has 3 aromatic rings. The third-order valence-corrected chi connectivity index (χ3v) is 5.61. The number of benzene rings is 2. The highest BCUT2D eigenvalue weighted by molar-refractivity contribution is 5.79. The Bertz CT molecular complexity index is 880. The number of para-hydroxylation sites is 2. The van der Waals surface area contributed by atoms with Gasteiger partial charge in [-0.3, -0.25) is 4.79 Å². The van der Waals surface area contributed by atoms with Crippen LogP contribution < -0.4 is 4.90 Å². The van der Waals surface area contributed by atoms with E-state index >= 15 is 0 Å². The molecule has 1 amide bonds. The number of hydrogen-bond donors (Lipinski definition) is 0. The molecule has 1 saturated heterocycles. The number of oxazole rings is 1. The molecule has 0 N–H and O–H groups in total. The number of amides is 1. The quantitative estimate of drug-likeness (QED) is 0.695. The second-order valence-corrected chi connectivity index (χ2v) is 7.26. The largest absolute Gasteiger partial charge is 0.423 e. The molecular formula is C22H25N3O2. The van der Waals surface area contributed by atoms with E-state index in [0.29, 0.717) is 6.01 Å². The molecule has 1 aromatic heterocycles. The maximum Gasteiger partial charge on any atom is 0.298 e. The topological polar surface area (TPSA) is 49.6 Å². The van der Waals surface area contributed by atoms with E-state index in [1.54, 1.807) is 0 Å². The average molecular weight is 363 g/mol. The van der Waals surface area contributed by atoms with Crippen LogP contribution in [0.2, 0.25) is 0 Å². The van der Waals surface area contributed by atoms with Crippen molar-refractivity contribution in [3.05, 3.63) is 60.2 Å². The second kappa shape index (κ2) is 7.43. The normalized spacial score (nSPS) is 16.4. The van der Waals surface area contributed by atoms with Gasteiger partial charge in [0.2, 0.25) is 5.91 Å². The molecule has 140 valence electrons. The first kappa shape index (κ1) is 17.6. The Morgan fingerprint density at radius 2 is 1.78 bits per heavy atom. The molecule has 0 aliphatic carbocycles. The van der Waals surface area contributed by atoms with E-state index in [1.807, 2.05) is 54.4 Å². The molecule has 5 nitrogen and oxygen atoms in total. The number of hydrogen-bond acceptors (Lipinski definition) is 4. The van der Waals surface area contributed by atoms with Crippen molar-refractivity contribution in [2.45, 2.75) is 25.8 Å². The van der Waals surface area contributed by atoms with E-state index in [4.69, 9.17) is 4.42 Å². The Hall–Kier alpha value is -2.82. The molecule has 1 aliphatic rings. The minimum Gasteiger partial charge on any atom is -0.423 e. The number of fused-ring (bicyclic) bond motifs is 1. The lowest BCUT2D eigenvalue weighted by Crippen LogP contribution is -2.42. The number of nitrogens with zero attached hydrogens (tertiary/aromatic N) is 3. The molecule has 1 unspecified atom stereocenters. The van der Waals surface area contributed by atoms with Gasteiger partial charge in [-0.1, -0.05) is 42.5 Å². The standard InChI is InChI=1S/C22H25N3O2/c1-16(17-8-4-3-5-9-17)24(2)21(26)18-12-14-25(15-13-18)22-23-19-10-6-7-11-20(19)27-22/h3-11,16,18H,12-15H2,1-2H3. The zero-order chi connectivity index (χ0) is 18.8. The van der Waals surface area contributed by atoms with Crippen LogP contribution in [-0.2, 0) is 4.79 Å². The van der Waals surface area contributed by atoms with Crippen molar-refractivity contribution in [3.63, 3.8) is 0 Å². The summed E-state index contributed by atoms with van der Waals surface area (Å²) in [6.45, 7) is 3.66. The molecule has 0 saturated carbocycles. The highest BCUT2D eigenvalue weighted by Crippen LogP contribution is 2.28. The predicted molar refractivity (Wildman–Crippen MR) is 107 cm³/mol. The third kappa shape index (κ3) is 3.54. The first-order valence-corrected chi connectivity index (χ1v) is 9.55. The van der Waals surface area contributed by atoms with Crippen LogP contribution in [0.5, 0.6) is 0 Å². The molecule has 4 rings (SSSR count). The minimum absolute atomic E-state index is 0.0572. The van der Waals surface area contributed by atoms with Crippen molar-refractivity contribution in [1.82, 2.24) is 9.88 Å². The molecule has 1 fully saturated rings. The molecule has 2 aromatic carbocycles. The van der Waals surface area contributed by atoms with Gasteiger partial charge >= 0.3 is 0 Å². The zero-order valence-corrected chi connectivity index (χ0v) is 15.8. The molecule has 0 spiro atoms. The van der Waals surface area contributed by atoms with Crippen LogP contribution in [0.4, 0.5) is 6.01 Å². The van der Waals surface area contributed by atoms with Crippen LogP contribution in [-0.4, -0.2) is 35.9 Å². The fraction of sp³-hybridized carbons (Fsp3) is 0.364. The predicted octanol–water partition coefficient (Wildman–Crippen LogP) is 4.26. The van der Waals surface area contributed by atoms with Crippen LogP contribution in [0.1, 0.15) is 31.4 Å². The molecular weight excluding hydrogens is 338 g/mol. The van der Waals surface area contributed by atoms with Crippen LogP contribution in [0.3, 0.4) is 0 Å². The van der Waals surface area contributed by atoms with Crippen molar-refractivity contribution in [1.29, 1.82) is 0 Å². The Labute approximate surface area is 159 Å². The highest BCUT2D eigenvalue weighted by Gasteiger charge is 2.30. The molecule has 0 radical (unpaired) electrons. The van der Waals surface area contributed by atoms with E-state index in [9.17, 15) is 4.79 Å². The monoisotopic (exact) mass is 363 g/mol. The van der Waals surface area contributed by atoms with Crippen molar-refractivity contribution < 1.29 is 9.21 Å². The van der Waals surface area contributed by atoms with Gasteiger partial charge in [-0.15, -0.1) is 0 Å². The van der Waals surface area contributed by atoms with Gasteiger partial charge in [-0.2, -0.15) is 4.98 Å². The van der Waals surface area contributed by atoms with Crippen LogP contribution in [0.25, 0.3) is 11.1 Å². The summed E-state index contributed by atoms with van der Waals surface area (Å²) < 4.78 is 5.87. The summed E-state index contributed by atoms with van der Waals surface area (Å²) in [4.78, 5) is 21.6. The first-order valence-electron chi connectivity index (χ1n) is 9.55. The van der Waals surface area contributed by atoms with Crippen molar-refractivity contribution in [2.24, 2.45) is 5.92 Å². The van der Waals surface area contributed by atoms with E-state index in [0.717, 1.165) is 42.6 Å². The van der Waals surface area contributed by atoms with Crippen molar-refractivity contribution in [2.75, 3.05) is 25.0 Å². The van der Waals surface area contributed by atoms with Gasteiger partial charge in [-0.05, 0) is 37.5 Å². The lowest BCUT2D eigenvalue weighted by atomic mass is 9.94. The summed E-state index contributed by atoms with van der Waals surface area (Å²) in [6, 6.07) is 18.7. The van der Waals surface area contributed by atoms with Gasteiger partial charge < -0.3 is 14.2 Å². The molecule has 0 bridgehead atoms. The number of anilines is 1. The Balaban J connectivity index is 1.39. The van der Waals surface area contributed by atoms with Crippen LogP contribution in [0, 0.1) is 5.92 Å². The molecule has 1 atom stereocenters. The molecule has 1 aliphatic heterocycles. The SMILES string of the molecule is CC(c1ccccc1)N(C)C(=O)C1CCN(c2nc3ccccc3o2)CC1. The van der Waals surface area contributed by atoms with Crippen LogP contribution >= 0.6 is 0 Å². The second-order valence-electron chi connectivity index (χ2n) is 7.26. The summed E-state index contributed by atoms with van der Waals surface area (Å²) in [5, 5.41) is 0. The van der Waals surface area contributed by atoms with Gasteiger partial charge in [0, 0.05) is 26.1 Å². The third-order valence-electron chi connectivity index (χ3n) is 5.61. The summed E-state index contributed by atoms with van der Waals surface area (Å²) >= 11 is 0. The summed E-state index contributed by atoms with van der Waals surface area (Å²) in [5.41, 5.74) is 2.85. The lowest BCUT2D eigenvalue weighted by molar-refractivity contribution is -0.136. The number of carbonyl (C=O) groups is 1. The maximum absolute atomic E-state index is 13.0. The van der Waals surface area contributed by atoms with Gasteiger partial charge in [0.15, 0.2) is 5.58 Å². The number of rotatable bonds is 4. The van der Waals surface area contributed by atoms with E-state index < -0.39 is 0 Å². The molecule has 2 heterocycles. The van der Waals surface area contributed by atoms with Gasteiger partial charge in [-0.25, -0.2) is 0 Å². The smallest absolute Gasteiger partial charge is 0.298 e. The number of carbonyl (C=O) groups excluding carboxylic acids is 1. The van der Waals surface area contributed by atoms with Gasteiger partial charge in [0.1, 0.15) is 5.52 Å². The summed E-state index contributed by atoms with van der Waals surface area (Å²) in [6.07, 6.45) is 1.65. The van der Waals surface area contributed by atoms with Crippen molar-refractivity contribution >= 4 is 23.0 Å². The number of aromatic nitrogens is 1. The summed E-state index contributed by atoms with van der Waals surface area (Å²) in [5.74, 6) is 0.283. The average Bonchev–Trinajstić information content (AvgIpc) is 3.17. The fourth-order valence-corrected chi connectivity index (χ4v) is 3.75. The van der Waals surface area contributed by atoms with E-state index in [2.05, 4.69) is 28.9 Å². The Morgan fingerprint density at radius 1 is 1.11 bits per heavy atom. The first-order chi connectivity index (χ1) is 13.1. The zero-order valence-electron chi connectivity index (χ0n) is 15.8. The van der Waals surface area contributed by atoms with Gasteiger partial charge in [0.05, 0.1) is 6.04 Å². The number of piperidine rings is 1. The van der Waals surface area contributed by atoms with Gasteiger partial charge in [0.25, 0.3) is 6.01 Å². The maximum atomic E-state index is 13.0. The van der Waals surface area contributed by atoms with E-state index in [-0.39, 0.29) is 17.9 Å². The Morgan fingerprint density at radius 3 is 2.48 bits per heavy atom. The lowest BCUT2D eigenvalue weighted by Gasteiger charge is -2.34. The Kier molecular flexibility index (Phi) is 4.84. The van der Waals surface area contributed by atoms with Crippen molar-refractivity contribution in [3.8, 4) is 0 Å².